The first-order valence-corrected chi connectivity index (χ1v) is 9.79. The summed E-state index contributed by atoms with van der Waals surface area (Å²) in [5, 5.41) is 18.2. The molecule has 0 radical (unpaired) electrons. The van der Waals surface area contributed by atoms with Crippen molar-refractivity contribution in [2.45, 2.75) is 20.4 Å². The fourth-order valence-electron chi connectivity index (χ4n) is 3.51. The first-order chi connectivity index (χ1) is 14.9. The lowest BCUT2D eigenvalue weighted by Gasteiger charge is -2.13. The van der Waals surface area contributed by atoms with Gasteiger partial charge in [0, 0.05) is 41.5 Å². The molecule has 0 bridgehead atoms. The quantitative estimate of drug-likeness (QED) is 0.239. The number of rotatable bonds is 6. The third-order valence-electron chi connectivity index (χ3n) is 5.21. The van der Waals surface area contributed by atoms with Gasteiger partial charge in [-0.15, -0.1) is 0 Å². The van der Waals surface area contributed by atoms with E-state index in [0.29, 0.717) is 11.1 Å². The highest BCUT2D eigenvalue weighted by atomic mass is 16.6. The number of fused-ring (bicyclic) bond motifs is 1. The standard InChI is InChI=1S/C24H21N3O4/c1-15-4-3-5-16(2)21(15)14-25-17-6-8-18(9-7-17)26-22-13-24(28)31-23-11-10-19(27(29)30)12-20(22)23/h3-13,25-26H,14H2,1-2H3. The Kier molecular flexibility index (Phi) is 5.41. The van der Waals surface area contributed by atoms with E-state index in [0.717, 1.165) is 17.9 Å². The molecule has 3 aromatic carbocycles. The van der Waals surface area contributed by atoms with E-state index in [9.17, 15) is 14.9 Å². The van der Waals surface area contributed by atoms with Gasteiger partial charge in [0.25, 0.3) is 5.69 Å². The predicted octanol–water partition coefficient (Wildman–Crippen LogP) is 5.67. The molecule has 4 rings (SSSR count). The number of nitro groups is 1. The van der Waals surface area contributed by atoms with E-state index in [4.69, 9.17) is 4.42 Å². The number of hydrogen-bond acceptors (Lipinski definition) is 6. The summed E-state index contributed by atoms with van der Waals surface area (Å²) in [6.45, 7) is 4.92. The van der Waals surface area contributed by atoms with Crippen LogP contribution in [-0.4, -0.2) is 4.92 Å². The van der Waals surface area contributed by atoms with Gasteiger partial charge in [0.15, 0.2) is 0 Å². The van der Waals surface area contributed by atoms with Crippen molar-refractivity contribution in [3.8, 4) is 0 Å². The van der Waals surface area contributed by atoms with Crippen LogP contribution in [0.3, 0.4) is 0 Å². The summed E-state index contributed by atoms with van der Waals surface area (Å²) in [5.74, 6) is 0. The second-order valence-corrected chi connectivity index (χ2v) is 7.34. The van der Waals surface area contributed by atoms with E-state index in [1.165, 1.54) is 41.0 Å². The molecule has 0 unspecified atom stereocenters. The Balaban J connectivity index is 1.55. The molecule has 7 heteroatoms. The van der Waals surface area contributed by atoms with Crippen molar-refractivity contribution in [2.24, 2.45) is 0 Å². The van der Waals surface area contributed by atoms with Crippen LogP contribution in [-0.2, 0) is 6.54 Å². The summed E-state index contributed by atoms with van der Waals surface area (Å²) in [5.41, 5.74) is 5.60. The molecular formula is C24H21N3O4. The van der Waals surface area contributed by atoms with E-state index in [-0.39, 0.29) is 11.3 Å². The molecule has 0 aliphatic rings. The number of anilines is 3. The van der Waals surface area contributed by atoms with Crippen LogP contribution in [0.1, 0.15) is 16.7 Å². The monoisotopic (exact) mass is 415 g/mol. The van der Waals surface area contributed by atoms with E-state index in [1.54, 1.807) is 0 Å². The molecule has 0 fully saturated rings. The van der Waals surface area contributed by atoms with Crippen molar-refractivity contribution in [3.05, 3.63) is 104 Å². The van der Waals surface area contributed by atoms with Gasteiger partial charge in [-0.05, 0) is 60.9 Å². The second-order valence-electron chi connectivity index (χ2n) is 7.34. The van der Waals surface area contributed by atoms with E-state index in [1.807, 2.05) is 24.3 Å². The molecule has 0 spiro atoms. The predicted molar refractivity (Wildman–Crippen MR) is 122 cm³/mol. The summed E-state index contributed by atoms with van der Waals surface area (Å²) in [6, 6.07) is 19.3. The highest BCUT2D eigenvalue weighted by Gasteiger charge is 2.12. The highest BCUT2D eigenvalue weighted by Crippen LogP contribution is 2.29. The summed E-state index contributed by atoms with van der Waals surface area (Å²) in [4.78, 5) is 22.5. The Morgan fingerprint density at radius 3 is 2.29 bits per heavy atom. The molecule has 156 valence electrons. The molecular weight excluding hydrogens is 394 g/mol. The summed E-state index contributed by atoms with van der Waals surface area (Å²) < 4.78 is 5.16. The summed E-state index contributed by atoms with van der Waals surface area (Å²) in [7, 11) is 0. The normalized spacial score (nSPS) is 10.8. The van der Waals surface area contributed by atoms with Crippen LogP contribution in [0.4, 0.5) is 22.7 Å². The molecule has 0 aliphatic heterocycles. The average Bonchev–Trinajstić information content (AvgIpc) is 2.74. The minimum atomic E-state index is -0.532. The van der Waals surface area contributed by atoms with Crippen molar-refractivity contribution in [3.63, 3.8) is 0 Å². The van der Waals surface area contributed by atoms with Gasteiger partial charge in [-0.1, -0.05) is 18.2 Å². The largest absolute Gasteiger partial charge is 0.423 e. The van der Waals surface area contributed by atoms with Crippen molar-refractivity contribution in [2.75, 3.05) is 10.6 Å². The van der Waals surface area contributed by atoms with E-state index >= 15 is 0 Å². The fraction of sp³-hybridized carbons (Fsp3) is 0.125. The second kappa shape index (κ2) is 8.31. The van der Waals surface area contributed by atoms with Crippen LogP contribution in [0.15, 0.2) is 75.9 Å². The van der Waals surface area contributed by atoms with Gasteiger partial charge in [-0.3, -0.25) is 10.1 Å². The molecule has 31 heavy (non-hydrogen) atoms. The topological polar surface area (TPSA) is 97.4 Å². The van der Waals surface area contributed by atoms with Gasteiger partial charge in [0.05, 0.1) is 10.6 Å². The maximum absolute atomic E-state index is 11.9. The maximum Gasteiger partial charge on any atom is 0.338 e. The Hall–Kier alpha value is -4.13. The lowest BCUT2D eigenvalue weighted by molar-refractivity contribution is -0.384. The van der Waals surface area contributed by atoms with Crippen LogP contribution in [0.2, 0.25) is 0 Å². The Labute approximate surface area is 178 Å². The van der Waals surface area contributed by atoms with Gasteiger partial charge in [-0.2, -0.15) is 0 Å². The smallest absolute Gasteiger partial charge is 0.338 e. The van der Waals surface area contributed by atoms with Crippen LogP contribution >= 0.6 is 0 Å². The third kappa shape index (κ3) is 4.40. The molecule has 0 atom stereocenters. The molecule has 2 N–H and O–H groups in total. The number of non-ortho nitro benzene ring substituents is 1. The molecule has 7 nitrogen and oxygen atoms in total. The zero-order valence-corrected chi connectivity index (χ0v) is 17.1. The minimum absolute atomic E-state index is 0.0737. The minimum Gasteiger partial charge on any atom is -0.423 e. The summed E-state index contributed by atoms with van der Waals surface area (Å²) in [6.07, 6.45) is 0. The number of hydrogen-bond donors (Lipinski definition) is 2. The molecule has 1 heterocycles. The average molecular weight is 415 g/mol. The van der Waals surface area contributed by atoms with Crippen molar-refractivity contribution < 1.29 is 9.34 Å². The fourth-order valence-corrected chi connectivity index (χ4v) is 3.51. The number of aryl methyl sites for hydroxylation is 2. The van der Waals surface area contributed by atoms with E-state index in [2.05, 4.69) is 42.7 Å². The van der Waals surface area contributed by atoms with Crippen molar-refractivity contribution in [1.29, 1.82) is 0 Å². The number of nitrogens with zero attached hydrogens (tertiary/aromatic N) is 1. The maximum atomic E-state index is 11.9. The van der Waals surface area contributed by atoms with E-state index < -0.39 is 10.5 Å². The van der Waals surface area contributed by atoms with Crippen LogP contribution in [0.25, 0.3) is 11.0 Å². The zero-order valence-electron chi connectivity index (χ0n) is 17.1. The van der Waals surface area contributed by atoms with Crippen LogP contribution in [0.5, 0.6) is 0 Å². The Bertz CT molecular complexity index is 1310. The number of benzene rings is 3. The number of nitro benzene ring substituents is 1. The van der Waals surface area contributed by atoms with Gasteiger partial charge < -0.3 is 15.1 Å². The molecule has 4 aromatic rings. The van der Waals surface area contributed by atoms with Gasteiger partial charge in [0.2, 0.25) is 0 Å². The lowest BCUT2D eigenvalue weighted by Crippen LogP contribution is -2.04. The third-order valence-corrected chi connectivity index (χ3v) is 5.21. The number of nitrogens with one attached hydrogen (secondary N) is 2. The van der Waals surface area contributed by atoms with Gasteiger partial charge in [0.1, 0.15) is 5.58 Å². The summed E-state index contributed by atoms with van der Waals surface area (Å²) >= 11 is 0. The Morgan fingerprint density at radius 2 is 1.61 bits per heavy atom. The Morgan fingerprint density at radius 1 is 0.935 bits per heavy atom. The molecule has 0 saturated carbocycles. The molecule has 1 aromatic heterocycles. The first kappa shape index (κ1) is 20.2. The van der Waals surface area contributed by atoms with Crippen molar-refractivity contribution in [1.82, 2.24) is 0 Å². The van der Waals surface area contributed by atoms with Gasteiger partial charge in [-0.25, -0.2) is 4.79 Å². The first-order valence-electron chi connectivity index (χ1n) is 9.79. The molecule has 0 saturated heterocycles. The molecule has 0 amide bonds. The lowest BCUT2D eigenvalue weighted by atomic mass is 10.0. The highest BCUT2D eigenvalue weighted by molar-refractivity contribution is 5.93. The molecule has 0 aliphatic carbocycles. The zero-order chi connectivity index (χ0) is 22.0. The van der Waals surface area contributed by atoms with Crippen LogP contribution < -0.4 is 16.3 Å². The SMILES string of the molecule is Cc1cccc(C)c1CNc1ccc(Nc2cc(=O)oc3ccc([N+](=O)[O-])cc23)cc1. The van der Waals surface area contributed by atoms with Crippen LogP contribution in [0, 0.1) is 24.0 Å². The van der Waals surface area contributed by atoms with Gasteiger partial charge >= 0.3 is 5.63 Å². The van der Waals surface area contributed by atoms with Crippen molar-refractivity contribution >= 4 is 33.7 Å².